The van der Waals surface area contributed by atoms with Crippen LogP contribution in [0.5, 0.6) is 5.75 Å². The van der Waals surface area contributed by atoms with Crippen LogP contribution in [0.15, 0.2) is 48.5 Å². The fraction of sp³-hybridized carbons (Fsp3) is 0.150. The molecule has 0 radical (unpaired) electrons. The van der Waals surface area contributed by atoms with Crippen molar-refractivity contribution in [2.45, 2.75) is 6.42 Å². The second-order valence-electron chi connectivity index (χ2n) is 6.65. The number of nitro benzene ring substituents is 1. The maximum Gasteiger partial charge on any atom is 0.269 e. The summed E-state index contributed by atoms with van der Waals surface area (Å²) >= 11 is 1.12. The molecule has 4 rings (SSSR count). The van der Waals surface area contributed by atoms with Gasteiger partial charge in [-0.05, 0) is 24.3 Å². The van der Waals surface area contributed by atoms with Gasteiger partial charge in [-0.1, -0.05) is 23.5 Å². The maximum atomic E-state index is 12.4. The molecule has 2 aromatic carbocycles. The number of anilines is 1. The summed E-state index contributed by atoms with van der Waals surface area (Å²) < 4.78 is 5.29. The summed E-state index contributed by atoms with van der Waals surface area (Å²) in [7, 11) is 0. The Hall–Kier alpha value is -4.19. The number of benzene rings is 2. The number of ether oxygens (including phenoxy) is 1. The van der Waals surface area contributed by atoms with Crippen LogP contribution in [0.3, 0.4) is 0 Å². The van der Waals surface area contributed by atoms with E-state index in [1.807, 2.05) is 0 Å². The number of nitrogens with one attached hydrogen (secondary N) is 1. The van der Waals surface area contributed by atoms with Crippen LogP contribution in [-0.2, 0) is 11.2 Å². The first-order valence-electron chi connectivity index (χ1n) is 9.37. The van der Waals surface area contributed by atoms with Crippen LogP contribution in [-0.4, -0.2) is 50.9 Å². The number of nitro groups is 1. The number of carbonyl (C=O) groups is 3. The fourth-order valence-electron chi connectivity index (χ4n) is 3.02. The number of hydrogen-bond acceptors (Lipinski definition) is 9. The van der Waals surface area contributed by atoms with Gasteiger partial charge in [-0.3, -0.25) is 34.7 Å². The second kappa shape index (κ2) is 8.89. The Kier molecular flexibility index (Phi) is 5.85. The minimum atomic E-state index is -0.530. The lowest BCUT2D eigenvalue weighted by molar-refractivity contribution is -0.384. The molecule has 162 valence electrons. The van der Waals surface area contributed by atoms with Crippen molar-refractivity contribution in [2.75, 3.05) is 18.5 Å². The molecule has 1 N–H and O–H groups in total. The molecule has 2 heterocycles. The monoisotopic (exact) mass is 453 g/mol. The van der Waals surface area contributed by atoms with E-state index in [9.17, 15) is 24.5 Å². The summed E-state index contributed by atoms with van der Waals surface area (Å²) in [6.45, 7) is -0.167. The van der Waals surface area contributed by atoms with E-state index in [-0.39, 0.29) is 35.8 Å². The molecule has 0 saturated carbocycles. The number of imide groups is 1. The van der Waals surface area contributed by atoms with Crippen LogP contribution in [0.2, 0.25) is 0 Å². The van der Waals surface area contributed by atoms with Crippen molar-refractivity contribution >= 4 is 39.9 Å². The van der Waals surface area contributed by atoms with Crippen LogP contribution in [0.1, 0.15) is 25.7 Å². The summed E-state index contributed by atoms with van der Waals surface area (Å²) in [4.78, 5) is 48.1. The Balaban J connectivity index is 1.27. The quantitative estimate of drug-likeness (QED) is 0.311. The van der Waals surface area contributed by atoms with Crippen LogP contribution in [0.4, 0.5) is 10.8 Å². The molecule has 3 aromatic rings. The predicted molar refractivity (Wildman–Crippen MR) is 113 cm³/mol. The topological polar surface area (TPSA) is 145 Å². The van der Waals surface area contributed by atoms with Gasteiger partial charge >= 0.3 is 0 Å². The number of aromatic nitrogens is 2. The predicted octanol–water partition coefficient (Wildman–Crippen LogP) is 2.30. The maximum absolute atomic E-state index is 12.4. The largest absolute Gasteiger partial charge is 0.484 e. The van der Waals surface area contributed by atoms with E-state index < -0.39 is 10.8 Å². The summed E-state index contributed by atoms with van der Waals surface area (Å²) in [6, 6.07) is 12.0. The smallest absolute Gasteiger partial charge is 0.269 e. The van der Waals surface area contributed by atoms with Gasteiger partial charge in [-0.2, -0.15) is 0 Å². The zero-order valence-corrected chi connectivity index (χ0v) is 17.2. The lowest BCUT2D eigenvalue weighted by atomic mass is 10.1. The first kappa shape index (κ1) is 21.1. The van der Waals surface area contributed by atoms with E-state index >= 15 is 0 Å². The van der Waals surface area contributed by atoms with Crippen molar-refractivity contribution in [3.63, 3.8) is 0 Å². The van der Waals surface area contributed by atoms with Gasteiger partial charge < -0.3 is 4.74 Å². The third-order valence-electron chi connectivity index (χ3n) is 4.56. The normalized spacial score (nSPS) is 12.6. The van der Waals surface area contributed by atoms with E-state index in [1.165, 1.54) is 29.2 Å². The molecule has 0 aliphatic carbocycles. The number of hydrogen-bond donors (Lipinski definition) is 1. The Morgan fingerprint density at radius 1 is 1.06 bits per heavy atom. The molecule has 12 heteroatoms. The summed E-state index contributed by atoms with van der Waals surface area (Å²) in [5.74, 6) is -0.852. The van der Waals surface area contributed by atoms with Crippen molar-refractivity contribution in [2.24, 2.45) is 0 Å². The number of rotatable bonds is 8. The molecule has 11 nitrogen and oxygen atoms in total. The minimum absolute atomic E-state index is 0.0793. The van der Waals surface area contributed by atoms with Gasteiger partial charge in [0.15, 0.2) is 6.61 Å². The Labute approximate surface area is 184 Å². The fourth-order valence-corrected chi connectivity index (χ4v) is 3.77. The van der Waals surface area contributed by atoms with Gasteiger partial charge in [0.25, 0.3) is 23.4 Å². The van der Waals surface area contributed by atoms with Gasteiger partial charge in [-0.25, -0.2) is 0 Å². The molecule has 0 spiro atoms. The molecule has 0 saturated heterocycles. The molecule has 0 fully saturated rings. The summed E-state index contributed by atoms with van der Waals surface area (Å²) in [6.07, 6.45) is 0.304. The lowest BCUT2D eigenvalue weighted by Crippen LogP contribution is -2.31. The molecule has 1 aliphatic heterocycles. The highest BCUT2D eigenvalue weighted by molar-refractivity contribution is 7.15. The third kappa shape index (κ3) is 4.44. The Morgan fingerprint density at radius 3 is 2.34 bits per heavy atom. The SMILES string of the molecule is O=C(COc1ccc([N+](=O)[O-])cc1)Nc1nnc(CCN2C(=O)c3ccccc3C2=O)s1. The van der Waals surface area contributed by atoms with Crippen LogP contribution in [0, 0.1) is 10.1 Å². The zero-order chi connectivity index (χ0) is 22.7. The van der Waals surface area contributed by atoms with E-state index in [4.69, 9.17) is 4.74 Å². The average Bonchev–Trinajstić information content (AvgIpc) is 3.33. The number of non-ortho nitro benzene ring substituents is 1. The van der Waals surface area contributed by atoms with Gasteiger partial charge in [0.05, 0.1) is 16.1 Å². The molecule has 1 aromatic heterocycles. The minimum Gasteiger partial charge on any atom is -0.484 e. The highest BCUT2D eigenvalue weighted by Crippen LogP contribution is 2.23. The van der Waals surface area contributed by atoms with Gasteiger partial charge in [-0.15, -0.1) is 10.2 Å². The highest BCUT2D eigenvalue weighted by atomic mass is 32.1. The zero-order valence-electron chi connectivity index (χ0n) is 16.4. The van der Waals surface area contributed by atoms with Crippen LogP contribution in [0.25, 0.3) is 0 Å². The molecule has 0 unspecified atom stereocenters. The molecule has 3 amide bonds. The molecule has 0 atom stereocenters. The molecular formula is C20H15N5O6S. The van der Waals surface area contributed by atoms with Gasteiger partial charge in [0, 0.05) is 25.1 Å². The van der Waals surface area contributed by atoms with E-state index in [0.717, 1.165) is 11.3 Å². The standard InChI is InChI=1S/C20H15N5O6S/c26-16(11-31-13-7-5-12(6-8-13)25(29)30)21-20-23-22-17(32-20)9-10-24-18(27)14-3-1-2-4-15(14)19(24)28/h1-8H,9-11H2,(H,21,23,26). The summed E-state index contributed by atoms with van der Waals surface area (Å²) in [5, 5.41) is 21.8. The second-order valence-corrected chi connectivity index (χ2v) is 7.71. The number of amides is 3. The molecule has 32 heavy (non-hydrogen) atoms. The van der Waals surface area contributed by atoms with Crippen LogP contribution >= 0.6 is 11.3 Å². The number of carbonyl (C=O) groups excluding carboxylic acids is 3. The highest BCUT2D eigenvalue weighted by Gasteiger charge is 2.34. The molecule has 0 bridgehead atoms. The Bertz CT molecular complexity index is 1170. The van der Waals surface area contributed by atoms with Crippen molar-refractivity contribution in [3.05, 3.63) is 74.8 Å². The number of nitrogens with zero attached hydrogens (tertiary/aromatic N) is 4. The van der Waals surface area contributed by atoms with Crippen molar-refractivity contribution in [1.29, 1.82) is 0 Å². The van der Waals surface area contributed by atoms with Gasteiger partial charge in [0.2, 0.25) is 5.13 Å². The van der Waals surface area contributed by atoms with Crippen molar-refractivity contribution in [3.8, 4) is 5.75 Å². The molecule has 1 aliphatic rings. The first-order valence-corrected chi connectivity index (χ1v) is 10.2. The van der Waals surface area contributed by atoms with E-state index in [0.29, 0.717) is 28.3 Å². The summed E-state index contributed by atoms with van der Waals surface area (Å²) in [5.41, 5.74) is 0.691. The lowest BCUT2D eigenvalue weighted by Gasteiger charge is -2.12. The average molecular weight is 453 g/mol. The number of fused-ring (bicyclic) bond motifs is 1. The van der Waals surface area contributed by atoms with E-state index in [1.54, 1.807) is 24.3 Å². The van der Waals surface area contributed by atoms with Crippen molar-refractivity contribution < 1.29 is 24.0 Å². The van der Waals surface area contributed by atoms with Crippen LogP contribution < -0.4 is 10.1 Å². The van der Waals surface area contributed by atoms with Crippen molar-refractivity contribution in [1.82, 2.24) is 15.1 Å². The third-order valence-corrected chi connectivity index (χ3v) is 5.46. The Morgan fingerprint density at radius 2 is 1.72 bits per heavy atom. The first-order chi connectivity index (χ1) is 15.4. The van der Waals surface area contributed by atoms with E-state index in [2.05, 4.69) is 15.5 Å². The molecular weight excluding hydrogens is 438 g/mol. The van der Waals surface area contributed by atoms with Gasteiger partial charge in [0.1, 0.15) is 10.8 Å².